The lowest BCUT2D eigenvalue weighted by molar-refractivity contribution is -0.122. The number of carbonyl (C=O) groups excluding carboxylic acids is 1. The molecule has 26 heavy (non-hydrogen) atoms. The number of sulfone groups is 1. The van der Waals surface area contributed by atoms with Crippen LogP contribution in [0.1, 0.15) is 31.4 Å². The number of carbonyl (C=O) groups is 1. The van der Waals surface area contributed by atoms with Gasteiger partial charge in [-0.15, -0.1) is 0 Å². The summed E-state index contributed by atoms with van der Waals surface area (Å²) in [7, 11) is -3.50. The molecule has 140 valence electrons. The van der Waals surface area contributed by atoms with Gasteiger partial charge in [-0.25, -0.2) is 8.42 Å². The predicted octanol–water partition coefficient (Wildman–Crippen LogP) is 4.52. The summed E-state index contributed by atoms with van der Waals surface area (Å²) in [4.78, 5) is 12.5. The Bertz CT molecular complexity index is 907. The summed E-state index contributed by atoms with van der Waals surface area (Å²) in [6, 6.07) is 11.7. The Morgan fingerprint density at radius 1 is 1.04 bits per heavy atom. The monoisotopic (exact) mass is 413 g/mol. The van der Waals surface area contributed by atoms with Crippen LogP contribution in [-0.2, 0) is 20.2 Å². The third-order valence-electron chi connectivity index (χ3n) is 4.07. The summed E-state index contributed by atoms with van der Waals surface area (Å²) >= 11 is 12.0. The van der Waals surface area contributed by atoms with Crippen LogP contribution in [0.4, 0.5) is 0 Å². The number of rotatable bonds is 6. The third-order valence-corrected chi connectivity index (χ3v) is 6.54. The number of aryl methyl sites for hydroxylation is 1. The van der Waals surface area contributed by atoms with Crippen molar-refractivity contribution in [3.63, 3.8) is 0 Å². The van der Waals surface area contributed by atoms with Gasteiger partial charge in [-0.1, -0.05) is 47.0 Å². The normalized spacial score (nSPS) is 12.0. The van der Waals surface area contributed by atoms with Gasteiger partial charge in [0.25, 0.3) is 0 Å². The van der Waals surface area contributed by atoms with Gasteiger partial charge in [0, 0.05) is 6.42 Å². The Hall–Kier alpha value is -1.56. The smallest absolute Gasteiger partial charge is 0.221 e. The van der Waals surface area contributed by atoms with Gasteiger partial charge >= 0.3 is 0 Å². The van der Waals surface area contributed by atoms with E-state index in [1.54, 1.807) is 42.5 Å². The highest BCUT2D eigenvalue weighted by Crippen LogP contribution is 2.28. The van der Waals surface area contributed by atoms with E-state index in [9.17, 15) is 13.2 Å². The number of amides is 1. The van der Waals surface area contributed by atoms with Crippen molar-refractivity contribution in [3.05, 3.63) is 63.6 Å². The molecule has 0 spiro atoms. The van der Waals surface area contributed by atoms with E-state index in [1.165, 1.54) is 0 Å². The lowest BCUT2D eigenvalue weighted by Gasteiger charge is -2.27. The summed E-state index contributed by atoms with van der Waals surface area (Å²) < 4.78 is 24.7. The number of hydrogen-bond donors (Lipinski definition) is 1. The van der Waals surface area contributed by atoms with E-state index in [2.05, 4.69) is 5.32 Å². The van der Waals surface area contributed by atoms with Crippen LogP contribution >= 0.6 is 23.2 Å². The van der Waals surface area contributed by atoms with Gasteiger partial charge in [0.2, 0.25) is 5.91 Å². The minimum absolute atomic E-state index is 0.124. The molecule has 2 aromatic carbocycles. The number of benzene rings is 2. The SMILES string of the molecule is Cc1ccc(S(=O)(=O)CCC(=O)NC(C)(C)c2ccc(Cl)c(Cl)c2)cc1. The summed E-state index contributed by atoms with van der Waals surface area (Å²) in [5.74, 6) is -0.601. The van der Waals surface area contributed by atoms with Crippen molar-refractivity contribution in [1.29, 1.82) is 0 Å². The fourth-order valence-electron chi connectivity index (χ4n) is 2.46. The largest absolute Gasteiger partial charge is 0.347 e. The Morgan fingerprint density at radius 2 is 1.65 bits per heavy atom. The first-order chi connectivity index (χ1) is 12.0. The first-order valence-electron chi connectivity index (χ1n) is 8.07. The molecule has 0 fully saturated rings. The summed E-state index contributed by atoms with van der Waals surface area (Å²) in [5.41, 5.74) is 1.05. The van der Waals surface area contributed by atoms with Crippen molar-refractivity contribution in [1.82, 2.24) is 5.32 Å². The first kappa shape index (κ1) is 20.7. The maximum Gasteiger partial charge on any atom is 0.221 e. The first-order valence-corrected chi connectivity index (χ1v) is 10.5. The third kappa shape index (κ3) is 5.22. The molecule has 7 heteroatoms. The molecule has 0 saturated carbocycles. The van der Waals surface area contributed by atoms with Crippen LogP contribution in [0.3, 0.4) is 0 Å². The topological polar surface area (TPSA) is 63.2 Å². The molecule has 0 aliphatic carbocycles. The average molecular weight is 414 g/mol. The molecule has 1 N–H and O–H groups in total. The number of nitrogens with one attached hydrogen (secondary N) is 1. The van der Waals surface area contributed by atoms with E-state index in [4.69, 9.17) is 23.2 Å². The van der Waals surface area contributed by atoms with Gasteiger partial charge in [0.05, 0.1) is 26.2 Å². The fraction of sp³-hybridized carbons (Fsp3) is 0.316. The molecule has 0 saturated heterocycles. The standard InChI is InChI=1S/C19H21Cl2NO3S/c1-13-4-7-15(8-5-13)26(24,25)11-10-18(23)22-19(2,3)14-6-9-16(20)17(21)12-14/h4-9,12H,10-11H2,1-3H3,(H,22,23). The molecule has 0 aliphatic heterocycles. The van der Waals surface area contributed by atoms with Crippen molar-refractivity contribution in [2.24, 2.45) is 0 Å². The van der Waals surface area contributed by atoms with E-state index >= 15 is 0 Å². The van der Waals surface area contributed by atoms with E-state index in [0.29, 0.717) is 10.0 Å². The molecule has 2 aromatic rings. The summed E-state index contributed by atoms with van der Waals surface area (Å²) in [5, 5.41) is 3.68. The molecular formula is C19H21Cl2NO3S. The zero-order valence-corrected chi connectivity index (χ0v) is 17.2. The zero-order chi connectivity index (χ0) is 19.5. The van der Waals surface area contributed by atoms with Gasteiger partial charge in [-0.2, -0.15) is 0 Å². The minimum atomic E-state index is -3.50. The Kier molecular flexibility index (Phi) is 6.37. The highest BCUT2D eigenvalue weighted by atomic mass is 35.5. The lowest BCUT2D eigenvalue weighted by Crippen LogP contribution is -2.41. The van der Waals surface area contributed by atoms with Gasteiger partial charge in [-0.3, -0.25) is 4.79 Å². The van der Waals surface area contributed by atoms with Crippen LogP contribution in [0.25, 0.3) is 0 Å². The van der Waals surface area contributed by atoms with E-state index in [0.717, 1.165) is 11.1 Å². The molecule has 2 rings (SSSR count). The molecule has 0 atom stereocenters. The molecular weight excluding hydrogens is 393 g/mol. The van der Waals surface area contributed by atoms with Gasteiger partial charge < -0.3 is 5.32 Å². The van der Waals surface area contributed by atoms with Crippen LogP contribution in [0.15, 0.2) is 47.4 Å². The molecule has 0 aromatic heterocycles. The summed E-state index contributed by atoms with van der Waals surface area (Å²) in [6.45, 7) is 5.52. The van der Waals surface area contributed by atoms with Crippen LogP contribution in [-0.4, -0.2) is 20.1 Å². The summed E-state index contributed by atoms with van der Waals surface area (Å²) in [6.07, 6.45) is -0.124. The number of hydrogen-bond acceptors (Lipinski definition) is 3. The molecule has 0 radical (unpaired) electrons. The maximum atomic E-state index is 12.4. The van der Waals surface area contributed by atoms with Gasteiger partial charge in [0.15, 0.2) is 9.84 Å². The van der Waals surface area contributed by atoms with E-state index in [-0.39, 0.29) is 23.0 Å². The number of halogens is 2. The van der Waals surface area contributed by atoms with Crippen LogP contribution in [0.5, 0.6) is 0 Å². The molecule has 0 bridgehead atoms. The molecule has 0 unspecified atom stereocenters. The van der Waals surface area contributed by atoms with Crippen molar-refractivity contribution in [2.75, 3.05) is 5.75 Å². The van der Waals surface area contributed by atoms with Crippen LogP contribution in [0, 0.1) is 6.92 Å². The second kappa shape index (κ2) is 7.99. The minimum Gasteiger partial charge on any atom is -0.347 e. The van der Waals surface area contributed by atoms with Gasteiger partial charge in [0.1, 0.15) is 0 Å². The second-order valence-corrected chi connectivity index (χ2v) is 9.61. The van der Waals surface area contributed by atoms with Gasteiger partial charge in [-0.05, 0) is 50.6 Å². The highest BCUT2D eigenvalue weighted by Gasteiger charge is 2.25. The molecule has 0 heterocycles. The Balaban J connectivity index is 2.03. The van der Waals surface area contributed by atoms with Crippen LogP contribution in [0.2, 0.25) is 10.0 Å². The van der Waals surface area contributed by atoms with E-state index < -0.39 is 15.4 Å². The van der Waals surface area contributed by atoms with Crippen molar-refractivity contribution >= 4 is 38.9 Å². The molecule has 0 aliphatic rings. The molecule has 4 nitrogen and oxygen atoms in total. The lowest BCUT2D eigenvalue weighted by atomic mass is 9.94. The zero-order valence-electron chi connectivity index (χ0n) is 14.8. The van der Waals surface area contributed by atoms with Crippen molar-refractivity contribution in [3.8, 4) is 0 Å². The second-order valence-electron chi connectivity index (χ2n) is 6.68. The average Bonchev–Trinajstić information content (AvgIpc) is 2.55. The highest BCUT2D eigenvalue weighted by molar-refractivity contribution is 7.91. The van der Waals surface area contributed by atoms with Crippen molar-refractivity contribution < 1.29 is 13.2 Å². The van der Waals surface area contributed by atoms with E-state index in [1.807, 2.05) is 20.8 Å². The predicted molar refractivity (Wildman–Crippen MR) is 105 cm³/mol. The quantitative estimate of drug-likeness (QED) is 0.756. The molecule has 1 amide bonds. The maximum absolute atomic E-state index is 12.4. The van der Waals surface area contributed by atoms with Crippen LogP contribution < -0.4 is 5.32 Å². The Morgan fingerprint density at radius 3 is 2.23 bits per heavy atom. The fourth-order valence-corrected chi connectivity index (χ4v) is 4.00. The van der Waals surface area contributed by atoms with Crippen molar-refractivity contribution in [2.45, 2.75) is 37.6 Å². The Labute approximate surface area is 164 Å².